The van der Waals surface area contributed by atoms with Gasteiger partial charge in [0.2, 0.25) is 0 Å². The number of hydrogen-bond acceptors (Lipinski definition) is 1. The molecule has 0 amide bonds. The highest BCUT2D eigenvalue weighted by molar-refractivity contribution is 5.22. The van der Waals surface area contributed by atoms with Crippen LogP contribution in [0.25, 0.3) is 0 Å². The van der Waals surface area contributed by atoms with Crippen LogP contribution in [0, 0.1) is 5.41 Å². The minimum Gasteiger partial charge on any atom is -0.373 e. The summed E-state index contributed by atoms with van der Waals surface area (Å²) in [6, 6.07) is 21.7. The van der Waals surface area contributed by atoms with Crippen LogP contribution >= 0.6 is 0 Å². The molecular weight excluding hydrogens is 268 g/mol. The average molecular weight is 292 g/mol. The Labute approximate surface area is 133 Å². The highest BCUT2D eigenvalue weighted by Gasteiger charge is 2.42. The lowest BCUT2D eigenvalue weighted by atomic mass is 9.77. The first-order chi connectivity index (χ1) is 10.8. The van der Waals surface area contributed by atoms with E-state index in [9.17, 15) is 0 Å². The van der Waals surface area contributed by atoms with Gasteiger partial charge in [-0.15, -0.1) is 0 Å². The van der Waals surface area contributed by atoms with Crippen molar-refractivity contribution in [2.75, 3.05) is 6.61 Å². The molecule has 2 aromatic carbocycles. The molecule has 1 saturated heterocycles. The molecule has 1 heteroatoms. The van der Waals surface area contributed by atoms with E-state index in [4.69, 9.17) is 4.74 Å². The number of rotatable bonds is 2. The van der Waals surface area contributed by atoms with E-state index in [-0.39, 0.29) is 0 Å². The largest absolute Gasteiger partial charge is 0.373 e. The highest BCUT2D eigenvalue weighted by atomic mass is 16.5. The molecule has 0 bridgehead atoms. The van der Waals surface area contributed by atoms with Gasteiger partial charge in [-0.2, -0.15) is 0 Å². The molecule has 114 valence electrons. The first-order valence-corrected chi connectivity index (χ1v) is 8.56. The van der Waals surface area contributed by atoms with Crippen LogP contribution in [0.1, 0.15) is 55.3 Å². The van der Waals surface area contributed by atoms with Crippen molar-refractivity contribution in [3.8, 4) is 0 Å². The van der Waals surface area contributed by atoms with Crippen molar-refractivity contribution in [3.63, 3.8) is 0 Å². The molecule has 3 atom stereocenters. The first kappa shape index (κ1) is 14.0. The lowest BCUT2D eigenvalue weighted by Gasteiger charge is -2.38. The van der Waals surface area contributed by atoms with Crippen molar-refractivity contribution >= 4 is 0 Å². The Morgan fingerprint density at radius 2 is 1.41 bits per heavy atom. The van der Waals surface area contributed by atoms with E-state index in [1.165, 1.54) is 43.2 Å². The number of ether oxygens (including phenoxy) is 1. The summed E-state index contributed by atoms with van der Waals surface area (Å²) in [7, 11) is 0. The summed E-state index contributed by atoms with van der Waals surface area (Å²) >= 11 is 0. The van der Waals surface area contributed by atoms with Gasteiger partial charge in [0.05, 0.1) is 12.7 Å². The zero-order valence-corrected chi connectivity index (χ0v) is 13.1. The predicted molar refractivity (Wildman–Crippen MR) is 89.8 cm³/mol. The fourth-order valence-corrected chi connectivity index (χ4v) is 4.38. The van der Waals surface area contributed by atoms with E-state index in [1.807, 2.05) is 0 Å². The molecule has 2 aromatic rings. The lowest BCUT2D eigenvalue weighted by Crippen LogP contribution is -2.30. The van der Waals surface area contributed by atoms with Gasteiger partial charge in [-0.1, -0.05) is 60.7 Å². The van der Waals surface area contributed by atoms with Gasteiger partial charge in [0.25, 0.3) is 0 Å². The van der Waals surface area contributed by atoms with Gasteiger partial charge in [0.15, 0.2) is 0 Å². The van der Waals surface area contributed by atoms with Crippen LogP contribution in [0.15, 0.2) is 60.7 Å². The highest BCUT2D eigenvalue weighted by Crippen LogP contribution is 2.53. The Bertz CT molecular complexity index is 596. The Morgan fingerprint density at radius 3 is 2.05 bits per heavy atom. The summed E-state index contributed by atoms with van der Waals surface area (Å²) in [6.07, 6.45) is 6.75. The maximum atomic E-state index is 6.29. The van der Waals surface area contributed by atoms with Crippen LogP contribution in [0.4, 0.5) is 0 Å². The van der Waals surface area contributed by atoms with E-state index >= 15 is 0 Å². The maximum Gasteiger partial charge on any atom is 0.0825 e. The summed E-state index contributed by atoms with van der Waals surface area (Å²) < 4.78 is 6.29. The normalized spacial score (nSPS) is 31.5. The summed E-state index contributed by atoms with van der Waals surface area (Å²) in [5.74, 6) is 0.734. The van der Waals surface area contributed by atoms with Crippen LogP contribution in [0.3, 0.4) is 0 Å². The minimum atomic E-state index is 0.308. The van der Waals surface area contributed by atoms with Crippen molar-refractivity contribution in [1.29, 1.82) is 0 Å². The molecular formula is C21H24O. The Hall–Kier alpha value is -1.60. The molecule has 2 fully saturated rings. The maximum absolute atomic E-state index is 6.29. The third kappa shape index (κ3) is 2.70. The molecule has 4 rings (SSSR count). The molecule has 1 nitrogen and oxygen atoms in total. The van der Waals surface area contributed by atoms with E-state index in [2.05, 4.69) is 60.7 Å². The first-order valence-electron chi connectivity index (χ1n) is 8.56. The van der Waals surface area contributed by atoms with E-state index in [1.54, 1.807) is 0 Å². The van der Waals surface area contributed by atoms with Gasteiger partial charge in [0, 0.05) is 0 Å². The van der Waals surface area contributed by atoms with Crippen molar-refractivity contribution in [2.45, 2.75) is 44.1 Å². The second-order valence-electron chi connectivity index (χ2n) is 7.10. The van der Waals surface area contributed by atoms with Crippen LogP contribution in [-0.4, -0.2) is 6.61 Å². The molecule has 1 saturated carbocycles. The Morgan fingerprint density at radius 1 is 0.773 bits per heavy atom. The van der Waals surface area contributed by atoms with Gasteiger partial charge >= 0.3 is 0 Å². The molecule has 1 heterocycles. The Balaban J connectivity index is 1.41. The van der Waals surface area contributed by atoms with Crippen molar-refractivity contribution in [1.82, 2.24) is 0 Å². The summed E-state index contributed by atoms with van der Waals surface area (Å²) in [6.45, 7) is 0.940. The fraction of sp³-hybridized carbons (Fsp3) is 0.429. The van der Waals surface area contributed by atoms with E-state index in [0.717, 1.165) is 12.5 Å². The van der Waals surface area contributed by atoms with Gasteiger partial charge in [-0.05, 0) is 54.6 Å². The zero-order chi connectivity index (χ0) is 14.8. The second-order valence-corrected chi connectivity index (χ2v) is 7.10. The van der Waals surface area contributed by atoms with Crippen LogP contribution < -0.4 is 0 Å². The van der Waals surface area contributed by atoms with Crippen LogP contribution in [-0.2, 0) is 4.74 Å². The zero-order valence-electron chi connectivity index (χ0n) is 13.1. The molecule has 1 spiro atoms. The van der Waals surface area contributed by atoms with Crippen molar-refractivity contribution in [3.05, 3.63) is 71.8 Å². The van der Waals surface area contributed by atoms with Crippen molar-refractivity contribution < 1.29 is 4.74 Å². The molecule has 1 aliphatic carbocycles. The summed E-state index contributed by atoms with van der Waals surface area (Å²) in [5, 5.41) is 0. The number of hydrogen-bond donors (Lipinski definition) is 0. The predicted octanol–water partition coefficient (Wildman–Crippen LogP) is 5.49. The Kier molecular flexibility index (Phi) is 3.75. The lowest BCUT2D eigenvalue weighted by molar-refractivity contribution is -0.0625. The summed E-state index contributed by atoms with van der Waals surface area (Å²) in [4.78, 5) is 0. The molecule has 2 aliphatic rings. The quantitative estimate of drug-likeness (QED) is 0.711. The molecule has 3 unspecified atom stereocenters. The standard InChI is InChI=1S/C21H24O/c1-3-7-17(8-4-1)19-11-13-21(15-19)14-12-20(22-16-21)18-9-5-2-6-10-18/h1-10,19-20H,11-16H2. The van der Waals surface area contributed by atoms with Gasteiger partial charge in [0.1, 0.15) is 0 Å². The number of benzene rings is 2. The van der Waals surface area contributed by atoms with Gasteiger partial charge in [-0.3, -0.25) is 0 Å². The molecule has 22 heavy (non-hydrogen) atoms. The second kappa shape index (κ2) is 5.89. The molecule has 0 N–H and O–H groups in total. The van der Waals surface area contributed by atoms with E-state index in [0.29, 0.717) is 11.5 Å². The minimum absolute atomic E-state index is 0.308. The van der Waals surface area contributed by atoms with E-state index < -0.39 is 0 Å². The van der Waals surface area contributed by atoms with Crippen molar-refractivity contribution in [2.24, 2.45) is 5.41 Å². The van der Waals surface area contributed by atoms with Crippen LogP contribution in [0.5, 0.6) is 0 Å². The molecule has 0 aromatic heterocycles. The topological polar surface area (TPSA) is 9.23 Å². The van der Waals surface area contributed by atoms with Gasteiger partial charge < -0.3 is 4.74 Å². The fourth-order valence-electron chi connectivity index (χ4n) is 4.38. The monoisotopic (exact) mass is 292 g/mol. The third-order valence-electron chi connectivity index (χ3n) is 5.67. The SMILES string of the molecule is c1ccc(C2CCC3(CCC(c4ccccc4)OC3)C2)cc1. The molecule has 0 radical (unpaired) electrons. The molecule has 1 aliphatic heterocycles. The summed E-state index contributed by atoms with van der Waals surface area (Å²) in [5.41, 5.74) is 3.30. The smallest absolute Gasteiger partial charge is 0.0825 e. The average Bonchev–Trinajstić information content (AvgIpc) is 3.01. The van der Waals surface area contributed by atoms with Crippen LogP contribution in [0.2, 0.25) is 0 Å². The third-order valence-corrected chi connectivity index (χ3v) is 5.67. The van der Waals surface area contributed by atoms with Gasteiger partial charge in [-0.25, -0.2) is 0 Å².